The third-order valence-electron chi connectivity index (χ3n) is 5.57. The Morgan fingerprint density at radius 1 is 1.31 bits per heavy atom. The summed E-state index contributed by atoms with van der Waals surface area (Å²) < 4.78 is 39.0. The summed E-state index contributed by atoms with van der Waals surface area (Å²) in [5.74, 6) is -0.639. The lowest BCUT2D eigenvalue weighted by Crippen LogP contribution is -2.42. The summed E-state index contributed by atoms with van der Waals surface area (Å²) in [7, 11) is -3.18. The lowest BCUT2D eigenvalue weighted by molar-refractivity contribution is -0.00177. The summed E-state index contributed by atoms with van der Waals surface area (Å²) in [6.07, 6.45) is 2.55. The molecule has 0 saturated carbocycles. The minimum atomic E-state index is -3.18. The van der Waals surface area contributed by atoms with Gasteiger partial charge in [-0.15, -0.1) is 0 Å². The van der Waals surface area contributed by atoms with Gasteiger partial charge in [-0.2, -0.15) is 10.4 Å². The SMILES string of the molecule is CC(CCS(C)(=O)=O)Nc1cc(-c2ccc3cc(C#N)cnn23)ncc1C(=O)NCC(F)C(C)(C)O. The van der Waals surface area contributed by atoms with Crippen LogP contribution in [0.5, 0.6) is 0 Å². The second-order valence-electron chi connectivity index (χ2n) is 9.32. The third kappa shape index (κ3) is 6.77. The second kappa shape index (κ2) is 10.6. The zero-order valence-electron chi connectivity index (χ0n) is 20.5. The fourth-order valence-electron chi connectivity index (χ4n) is 3.41. The van der Waals surface area contributed by atoms with Crippen molar-refractivity contribution in [1.82, 2.24) is 19.9 Å². The summed E-state index contributed by atoms with van der Waals surface area (Å²) in [4.78, 5) is 17.3. The van der Waals surface area contributed by atoms with Crippen molar-refractivity contribution >= 4 is 26.9 Å². The van der Waals surface area contributed by atoms with E-state index in [0.717, 1.165) is 6.26 Å². The van der Waals surface area contributed by atoms with Crippen LogP contribution in [0, 0.1) is 11.3 Å². The number of sulfone groups is 1. The first-order chi connectivity index (χ1) is 16.8. The maximum Gasteiger partial charge on any atom is 0.255 e. The minimum Gasteiger partial charge on any atom is -0.387 e. The lowest BCUT2D eigenvalue weighted by atomic mass is 10.0. The van der Waals surface area contributed by atoms with Gasteiger partial charge in [0.25, 0.3) is 5.91 Å². The van der Waals surface area contributed by atoms with Crippen molar-refractivity contribution < 1.29 is 22.7 Å². The number of carbonyl (C=O) groups excluding carboxylic acids is 1. The number of alkyl halides is 1. The molecule has 2 atom stereocenters. The second-order valence-corrected chi connectivity index (χ2v) is 11.6. The number of pyridine rings is 1. The van der Waals surface area contributed by atoms with Crippen LogP contribution in [0.3, 0.4) is 0 Å². The summed E-state index contributed by atoms with van der Waals surface area (Å²) >= 11 is 0. The predicted molar refractivity (Wildman–Crippen MR) is 134 cm³/mol. The van der Waals surface area contributed by atoms with Crippen LogP contribution in [-0.2, 0) is 9.84 Å². The molecule has 3 aromatic heterocycles. The molecule has 0 bridgehead atoms. The molecular weight excluding hydrogens is 487 g/mol. The van der Waals surface area contributed by atoms with Gasteiger partial charge < -0.3 is 15.7 Å². The molecule has 1 amide bonds. The number of amides is 1. The topological polar surface area (TPSA) is 149 Å². The average Bonchev–Trinajstić information content (AvgIpc) is 3.23. The smallest absolute Gasteiger partial charge is 0.255 e. The van der Waals surface area contributed by atoms with Gasteiger partial charge in [0.2, 0.25) is 0 Å². The van der Waals surface area contributed by atoms with Gasteiger partial charge in [-0.3, -0.25) is 9.78 Å². The van der Waals surface area contributed by atoms with Crippen molar-refractivity contribution in [1.29, 1.82) is 5.26 Å². The van der Waals surface area contributed by atoms with Gasteiger partial charge >= 0.3 is 0 Å². The Morgan fingerprint density at radius 3 is 2.67 bits per heavy atom. The number of hydrogen-bond donors (Lipinski definition) is 3. The van der Waals surface area contributed by atoms with E-state index >= 15 is 0 Å². The summed E-state index contributed by atoms with van der Waals surface area (Å²) in [6, 6.07) is 8.60. The Kier molecular flexibility index (Phi) is 7.96. The molecule has 0 radical (unpaired) electrons. The summed E-state index contributed by atoms with van der Waals surface area (Å²) in [5, 5.41) is 28.8. The molecule has 0 aliphatic carbocycles. The quantitative estimate of drug-likeness (QED) is 0.372. The Balaban J connectivity index is 1.95. The van der Waals surface area contributed by atoms with Crippen LogP contribution in [0.15, 0.2) is 36.7 Å². The largest absolute Gasteiger partial charge is 0.387 e. The summed E-state index contributed by atoms with van der Waals surface area (Å²) in [6.45, 7) is 4.01. The first kappa shape index (κ1) is 27.0. The van der Waals surface area contributed by atoms with Gasteiger partial charge in [0.1, 0.15) is 22.1 Å². The Labute approximate surface area is 209 Å². The number of nitrogens with one attached hydrogen (secondary N) is 2. The van der Waals surface area contributed by atoms with Crippen molar-refractivity contribution in [3.05, 3.63) is 47.8 Å². The van der Waals surface area contributed by atoms with E-state index in [-0.39, 0.29) is 17.4 Å². The van der Waals surface area contributed by atoms with E-state index in [1.165, 1.54) is 26.2 Å². The molecule has 0 aromatic carbocycles. The van der Waals surface area contributed by atoms with E-state index < -0.39 is 34.1 Å². The molecule has 3 heterocycles. The number of aliphatic hydroxyl groups is 1. The zero-order valence-corrected chi connectivity index (χ0v) is 21.3. The van der Waals surface area contributed by atoms with Crippen molar-refractivity contribution in [3.63, 3.8) is 0 Å². The fraction of sp³-hybridized carbons (Fsp3) is 0.417. The Morgan fingerprint density at radius 2 is 2.03 bits per heavy atom. The molecule has 3 N–H and O–H groups in total. The van der Waals surface area contributed by atoms with Crippen LogP contribution in [0.1, 0.15) is 43.1 Å². The van der Waals surface area contributed by atoms with Crippen molar-refractivity contribution in [2.75, 3.05) is 23.9 Å². The van der Waals surface area contributed by atoms with E-state index in [9.17, 15) is 22.7 Å². The highest BCUT2D eigenvalue weighted by Crippen LogP contribution is 2.26. The van der Waals surface area contributed by atoms with Crippen molar-refractivity contribution in [2.24, 2.45) is 0 Å². The average molecular weight is 517 g/mol. The molecule has 3 rings (SSSR count). The number of halogens is 1. The molecule has 36 heavy (non-hydrogen) atoms. The number of carbonyl (C=O) groups is 1. The number of nitriles is 1. The lowest BCUT2D eigenvalue weighted by Gasteiger charge is -2.23. The maximum atomic E-state index is 14.2. The van der Waals surface area contributed by atoms with E-state index in [4.69, 9.17) is 5.26 Å². The highest BCUT2D eigenvalue weighted by molar-refractivity contribution is 7.90. The number of aromatic nitrogens is 3. The van der Waals surface area contributed by atoms with Gasteiger partial charge in [-0.05, 0) is 51.5 Å². The van der Waals surface area contributed by atoms with Gasteiger partial charge in [0.05, 0.1) is 57.8 Å². The van der Waals surface area contributed by atoms with Gasteiger partial charge in [-0.1, -0.05) is 0 Å². The van der Waals surface area contributed by atoms with Gasteiger partial charge in [0.15, 0.2) is 0 Å². The molecule has 0 aliphatic heterocycles. The maximum absolute atomic E-state index is 14.2. The van der Waals surface area contributed by atoms with Crippen LogP contribution in [0.2, 0.25) is 0 Å². The highest BCUT2D eigenvalue weighted by atomic mass is 32.2. The fourth-order valence-corrected chi connectivity index (χ4v) is 4.19. The molecule has 2 unspecified atom stereocenters. The predicted octanol–water partition coefficient (Wildman–Crippen LogP) is 2.34. The van der Waals surface area contributed by atoms with Crippen molar-refractivity contribution in [2.45, 2.75) is 45.0 Å². The molecule has 0 saturated heterocycles. The molecule has 0 fully saturated rings. The van der Waals surface area contributed by atoms with Crippen LogP contribution in [-0.4, -0.2) is 70.4 Å². The monoisotopic (exact) mass is 516 g/mol. The first-order valence-corrected chi connectivity index (χ1v) is 13.3. The first-order valence-electron chi connectivity index (χ1n) is 11.3. The van der Waals surface area contributed by atoms with E-state index in [0.29, 0.717) is 34.6 Å². The molecule has 12 heteroatoms. The number of rotatable bonds is 10. The molecule has 10 nitrogen and oxygen atoms in total. The van der Waals surface area contributed by atoms with Crippen LogP contribution >= 0.6 is 0 Å². The molecule has 0 aliphatic rings. The molecule has 0 spiro atoms. The summed E-state index contributed by atoms with van der Waals surface area (Å²) in [5.41, 5.74) is 1.07. The van der Waals surface area contributed by atoms with E-state index in [1.54, 1.807) is 35.7 Å². The van der Waals surface area contributed by atoms with Crippen LogP contribution in [0.25, 0.3) is 16.9 Å². The number of nitrogens with zero attached hydrogens (tertiary/aromatic N) is 4. The minimum absolute atomic E-state index is 0.0375. The normalized spacial score (nSPS) is 13.7. The molecule has 3 aromatic rings. The highest BCUT2D eigenvalue weighted by Gasteiger charge is 2.27. The molecule has 192 valence electrons. The molecular formula is C24H29FN6O4S. The van der Waals surface area contributed by atoms with Crippen LogP contribution in [0.4, 0.5) is 10.1 Å². The number of fused-ring (bicyclic) bond motifs is 1. The zero-order chi connectivity index (χ0) is 26.7. The van der Waals surface area contributed by atoms with Gasteiger partial charge in [0, 0.05) is 18.5 Å². The standard InChI is InChI=1S/C24H29FN6O4S/c1-15(7-8-36(4,34)35)30-19-10-20(21-6-5-17-9-16(11-26)12-29-31(17)21)27-13-18(19)23(32)28-14-22(25)24(2,3)33/h5-6,9-10,12-13,15,22,33H,7-8,14H2,1-4H3,(H,27,30)(H,28,32). The van der Waals surface area contributed by atoms with Crippen LogP contribution < -0.4 is 10.6 Å². The number of anilines is 1. The number of hydrogen-bond acceptors (Lipinski definition) is 8. The third-order valence-corrected chi connectivity index (χ3v) is 6.55. The van der Waals surface area contributed by atoms with E-state index in [1.807, 2.05) is 6.07 Å². The van der Waals surface area contributed by atoms with Crippen molar-refractivity contribution in [3.8, 4) is 17.5 Å². The van der Waals surface area contributed by atoms with E-state index in [2.05, 4.69) is 20.7 Å². The Bertz CT molecular complexity index is 1410. The Hall–Kier alpha value is -3.56. The van der Waals surface area contributed by atoms with Gasteiger partial charge in [-0.25, -0.2) is 17.3 Å².